The predicted octanol–water partition coefficient (Wildman–Crippen LogP) is 8.38. The zero-order valence-corrected chi connectivity index (χ0v) is 24.3. The summed E-state index contributed by atoms with van der Waals surface area (Å²) in [7, 11) is 0. The third-order valence-corrected chi connectivity index (χ3v) is 8.21. The molecule has 0 bridgehead atoms. The molecule has 6 aromatic rings. The van der Waals surface area contributed by atoms with Crippen molar-refractivity contribution in [1.29, 1.82) is 0 Å². The minimum atomic E-state index is 0.885. The lowest BCUT2D eigenvalue weighted by Gasteiger charge is -2.40. The Labute approximate surface area is 254 Å². The van der Waals surface area contributed by atoms with Crippen molar-refractivity contribution in [3.8, 4) is 11.1 Å². The van der Waals surface area contributed by atoms with E-state index >= 15 is 0 Å². The number of benzene rings is 4. The first-order chi connectivity index (χ1) is 21.3. The number of anilines is 5. The van der Waals surface area contributed by atoms with Crippen LogP contribution in [0.1, 0.15) is 18.4 Å². The van der Waals surface area contributed by atoms with E-state index in [1.165, 1.54) is 45.1 Å². The van der Waals surface area contributed by atoms with Crippen molar-refractivity contribution in [2.45, 2.75) is 25.9 Å². The number of rotatable bonds is 9. The van der Waals surface area contributed by atoms with E-state index in [4.69, 9.17) is 0 Å². The Morgan fingerprint density at radius 3 is 1.51 bits per heavy atom. The predicted molar refractivity (Wildman–Crippen MR) is 175 cm³/mol. The van der Waals surface area contributed by atoms with Gasteiger partial charge in [-0.2, -0.15) is 0 Å². The molecule has 0 atom stereocenters. The minimum absolute atomic E-state index is 0.885. The molecule has 0 amide bonds. The van der Waals surface area contributed by atoms with E-state index in [1.54, 1.807) is 0 Å². The molecule has 0 unspecified atom stereocenters. The first-order valence-corrected chi connectivity index (χ1v) is 15.2. The van der Waals surface area contributed by atoms with Gasteiger partial charge in [0.05, 0.1) is 22.7 Å². The van der Waals surface area contributed by atoms with Crippen LogP contribution in [0, 0.1) is 0 Å². The summed E-state index contributed by atoms with van der Waals surface area (Å²) in [5, 5.41) is 0. The van der Waals surface area contributed by atoms with Crippen molar-refractivity contribution < 1.29 is 9.13 Å². The molecule has 0 spiro atoms. The van der Waals surface area contributed by atoms with Crippen LogP contribution in [0.4, 0.5) is 28.4 Å². The van der Waals surface area contributed by atoms with Crippen LogP contribution < -0.4 is 18.9 Å². The summed E-state index contributed by atoms with van der Waals surface area (Å²) < 4.78 is 4.53. The highest BCUT2D eigenvalue weighted by Gasteiger charge is 2.28. The van der Waals surface area contributed by atoms with Gasteiger partial charge in [-0.25, -0.2) is 9.13 Å². The third-order valence-electron chi connectivity index (χ3n) is 8.21. The molecule has 4 aromatic carbocycles. The Morgan fingerprint density at radius 2 is 0.930 bits per heavy atom. The van der Waals surface area contributed by atoms with Crippen molar-refractivity contribution in [3.05, 3.63) is 164 Å². The summed E-state index contributed by atoms with van der Waals surface area (Å²) in [6, 6.07) is 47.7. The van der Waals surface area contributed by atoms with Crippen molar-refractivity contribution in [1.82, 2.24) is 0 Å². The van der Waals surface area contributed by atoms with E-state index in [1.807, 2.05) is 0 Å². The summed E-state index contributed by atoms with van der Waals surface area (Å²) >= 11 is 0. The summed E-state index contributed by atoms with van der Waals surface area (Å²) in [5.74, 6) is 0. The molecule has 1 aliphatic rings. The summed E-state index contributed by atoms with van der Waals surface area (Å²) in [6.07, 6.45) is 11.0. The molecule has 0 fully saturated rings. The Morgan fingerprint density at radius 1 is 0.442 bits per heavy atom. The van der Waals surface area contributed by atoms with E-state index in [9.17, 15) is 0 Å². The van der Waals surface area contributed by atoms with Crippen LogP contribution in [0.25, 0.3) is 11.1 Å². The van der Waals surface area contributed by atoms with Gasteiger partial charge in [0.15, 0.2) is 31.3 Å². The zero-order valence-electron chi connectivity index (χ0n) is 24.3. The zero-order chi connectivity index (χ0) is 28.8. The maximum absolute atomic E-state index is 2.50. The van der Waals surface area contributed by atoms with Gasteiger partial charge in [-0.3, -0.25) is 0 Å². The molecule has 4 nitrogen and oxygen atoms in total. The molecule has 3 heterocycles. The Bertz CT molecular complexity index is 1730. The lowest BCUT2D eigenvalue weighted by Crippen LogP contribution is -2.33. The quantitative estimate of drug-likeness (QED) is 0.130. The van der Waals surface area contributed by atoms with Crippen LogP contribution in [-0.4, -0.2) is 6.54 Å². The van der Waals surface area contributed by atoms with Gasteiger partial charge < -0.3 is 9.80 Å². The highest BCUT2D eigenvalue weighted by Crippen LogP contribution is 2.51. The smallest absolute Gasteiger partial charge is 0.173 e. The third kappa shape index (κ3) is 5.77. The van der Waals surface area contributed by atoms with Crippen LogP contribution in [-0.2, 0) is 13.1 Å². The normalized spacial score (nSPS) is 12.1. The van der Waals surface area contributed by atoms with E-state index in [0.717, 1.165) is 32.5 Å². The molecule has 4 heteroatoms. The molecular weight excluding hydrogens is 524 g/mol. The van der Waals surface area contributed by atoms with Gasteiger partial charge in [0.1, 0.15) is 6.54 Å². The molecule has 2 aromatic heterocycles. The largest absolute Gasteiger partial charge is 0.338 e. The average Bonchev–Trinajstić information content (AvgIpc) is 3.08. The number of hydrogen-bond acceptors (Lipinski definition) is 2. The number of para-hydroxylation sites is 5. The van der Waals surface area contributed by atoms with Gasteiger partial charge in [0.25, 0.3) is 0 Å². The number of pyridine rings is 2. The molecule has 0 radical (unpaired) electrons. The van der Waals surface area contributed by atoms with E-state index in [-0.39, 0.29) is 0 Å². The van der Waals surface area contributed by atoms with E-state index in [0.29, 0.717) is 0 Å². The van der Waals surface area contributed by atoms with Crippen LogP contribution in [0.3, 0.4) is 0 Å². The number of unbranched alkanes of at least 4 members (excludes halogenated alkanes) is 1. The maximum Gasteiger partial charge on any atom is 0.173 e. The number of nitrogens with zero attached hydrogens (tertiary/aromatic N) is 4. The van der Waals surface area contributed by atoms with Crippen LogP contribution >= 0.6 is 0 Å². The fourth-order valence-electron chi connectivity index (χ4n) is 6.03. The molecule has 0 saturated heterocycles. The summed E-state index contributed by atoms with van der Waals surface area (Å²) in [6.45, 7) is 2.86. The van der Waals surface area contributed by atoms with Crippen LogP contribution in [0.5, 0.6) is 0 Å². The topological polar surface area (TPSA) is 14.2 Å². The number of aryl methyl sites for hydroxylation is 1. The van der Waals surface area contributed by atoms with Gasteiger partial charge in [-0.1, -0.05) is 72.8 Å². The minimum Gasteiger partial charge on any atom is -0.338 e. The Balaban J connectivity index is 0.997. The number of hydrogen-bond donors (Lipinski definition) is 0. The average molecular weight is 561 g/mol. The molecule has 0 aliphatic carbocycles. The molecule has 43 heavy (non-hydrogen) atoms. The number of aromatic nitrogens is 2. The van der Waals surface area contributed by atoms with Crippen LogP contribution in [0.15, 0.2) is 158 Å². The fourth-order valence-corrected chi connectivity index (χ4v) is 6.03. The second-order valence-electron chi connectivity index (χ2n) is 11.1. The molecule has 210 valence electrons. The van der Waals surface area contributed by atoms with Gasteiger partial charge in [-0.05, 0) is 53.9 Å². The van der Waals surface area contributed by atoms with Crippen molar-refractivity contribution in [3.63, 3.8) is 0 Å². The lowest BCUT2D eigenvalue weighted by atomic mass is 10.1. The van der Waals surface area contributed by atoms with Gasteiger partial charge in [0, 0.05) is 48.5 Å². The van der Waals surface area contributed by atoms with Gasteiger partial charge >= 0.3 is 0 Å². The standard InChI is InChI=1S/C39H36N4/c1-3-13-32(14-4-1)31-41-29-23-34(24-30-41)33-21-27-40(28-22-33)25-11-12-26-42-36-17-7-9-19-38(36)43(35-15-5-2-6-16-35)39-20-10-8-18-37(39)42/h1-10,13-24,27-30H,11-12,25-26,31H2/q+2. The molecular formula is C39H36N4+2. The molecule has 0 saturated carbocycles. The van der Waals surface area contributed by atoms with Gasteiger partial charge in [-0.15, -0.1) is 0 Å². The lowest BCUT2D eigenvalue weighted by molar-refractivity contribution is -0.697. The second-order valence-corrected chi connectivity index (χ2v) is 11.1. The first kappa shape index (κ1) is 26.7. The number of fused-ring (bicyclic) bond motifs is 2. The van der Waals surface area contributed by atoms with Crippen molar-refractivity contribution in [2.24, 2.45) is 0 Å². The maximum atomic E-state index is 2.50. The molecule has 1 aliphatic heterocycles. The SMILES string of the molecule is c1ccc(C[n+]2ccc(-c3cc[n+](CCCCN4c5ccccc5N(c5ccccc5)c5ccccc54)cc3)cc2)cc1. The Kier molecular flexibility index (Phi) is 7.65. The fraction of sp³-hybridized carbons (Fsp3) is 0.128. The summed E-state index contributed by atoms with van der Waals surface area (Å²) in [4.78, 5) is 4.88. The van der Waals surface area contributed by atoms with Crippen LogP contribution in [0.2, 0.25) is 0 Å². The second kappa shape index (κ2) is 12.3. The van der Waals surface area contributed by atoms with Crippen molar-refractivity contribution in [2.75, 3.05) is 16.3 Å². The molecule has 0 N–H and O–H groups in total. The van der Waals surface area contributed by atoms with Gasteiger partial charge in [0.2, 0.25) is 0 Å². The van der Waals surface area contributed by atoms with Crippen molar-refractivity contribution >= 4 is 28.4 Å². The molecule has 7 rings (SSSR count). The highest BCUT2D eigenvalue weighted by molar-refractivity contribution is 5.97. The Hall–Kier alpha value is -5.22. The summed E-state index contributed by atoms with van der Waals surface area (Å²) in [5.41, 5.74) is 9.95. The first-order valence-electron chi connectivity index (χ1n) is 15.2. The monoisotopic (exact) mass is 560 g/mol. The van der Waals surface area contributed by atoms with E-state index < -0.39 is 0 Å². The highest BCUT2D eigenvalue weighted by atomic mass is 15.3. The van der Waals surface area contributed by atoms with E-state index in [2.05, 4.69) is 177 Å².